The molecule has 0 radical (unpaired) electrons. The van der Waals surface area contributed by atoms with Crippen LogP contribution in [0, 0.1) is 0 Å². The van der Waals surface area contributed by atoms with Gasteiger partial charge in [0.05, 0.1) is 11.3 Å². The average molecular weight is 277 g/mol. The van der Waals surface area contributed by atoms with Crippen LogP contribution in [0.1, 0.15) is 16.8 Å². The Hall–Kier alpha value is -1.92. The summed E-state index contributed by atoms with van der Waals surface area (Å²) in [5.41, 5.74) is 7.46. The van der Waals surface area contributed by atoms with E-state index in [1.807, 2.05) is 5.38 Å². The van der Waals surface area contributed by atoms with Gasteiger partial charge in [0.15, 0.2) is 5.13 Å². The first-order chi connectivity index (χ1) is 9.20. The minimum Gasteiger partial charge on any atom is -0.478 e. The summed E-state index contributed by atoms with van der Waals surface area (Å²) in [7, 11) is 0. The molecule has 6 heteroatoms. The zero-order valence-electron chi connectivity index (χ0n) is 10.3. The number of aromatic carboxylic acids is 1. The van der Waals surface area contributed by atoms with Crippen LogP contribution in [-0.2, 0) is 0 Å². The highest BCUT2D eigenvalue weighted by atomic mass is 32.1. The largest absolute Gasteiger partial charge is 0.478 e. The van der Waals surface area contributed by atoms with Gasteiger partial charge in [0, 0.05) is 17.5 Å². The van der Waals surface area contributed by atoms with E-state index in [4.69, 9.17) is 10.8 Å². The number of hydrogen-bond donors (Lipinski definition) is 3. The number of thiazole rings is 1. The summed E-state index contributed by atoms with van der Waals surface area (Å²) < 4.78 is 0. The number of anilines is 1. The molecule has 0 aliphatic rings. The minimum absolute atomic E-state index is 0.278. The van der Waals surface area contributed by atoms with Gasteiger partial charge in [0.1, 0.15) is 0 Å². The third-order valence-electron chi connectivity index (χ3n) is 2.59. The molecule has 0 unspecified atom stereocenters. The Bertz CT molecular complexity index is 551. The van der Waals surface area contributed by atoms with Gasteiger partial charge in [-0.15, -0.1) is 11.3 Å². The Morgan fingerprint density at radius 3 is 2.74 bits per heavy atom. The number of nitrogens with one attached hydrogen (secondary N) is 1. The third-order valence-corrected chi connectivity index (χ3v) is 3.39. The molecule has 0 aliphatic carbocycles. The van der Waals surface area contributed by atoms with Crippen molar-refractivity contribution < 1.29 is 9.90 Å². The number of rotatable bonds is 6. The molecule has 1 aromatic heterocycles. The van der Waals surface area contributed by atoms with Gasteiger partial charge in [-0.3, -0.25) is 0 Å². The van der Waals surface area contributed by atoms with Crippen LogP contribution in [0.15, 0.2) is 29.6 Å². The predicted molar refractivity (Wildman–Crippen MR) is 76.7 cm³/mol. The van der Waals surface area contributed by atoms with Crippen molar-refractivity contribution in [2.45, 2.75) is 6.42 Å². The van der Waals surface area contributed by atoms with E-state index in [0.29, 0.717) is 6.54 Å². The summed E-state index contributed by atoms with van der Waals surface area (Å²) in [6.07, 6.45) is 0.905. The monoisotopic (exact) mass is 277 g/mol. The van der Waals surface area contributed by atoms with Crippen LogP contribution >= 0.6 is 11.3 Å². The smallest absolute Gasteiger partial charge is 0.335 e. The summed E-state index contributed by atoms with van der Waals surface area (Å²) >= 11 is 1.53. The highest BCUT2D eigenvalue weighted by Crippen LogP contribution is 2.25. The zero-order valence-corrected chi connectivity index (χ0v) is 11.1. The van der Waals surface area contributed by atoms with E-state index in [1.165, 1.54) is 11.3 Å². The number of nitrogens with zero attached hydrogens (tertiary/aromatic N) is 1. The number of benzene rings is 1. The molecule has 0 saturated heterocycles. The van der Waals surface area contributed by atoms with E-state index in [9.17, 15) is 4.79 Å². The zero-order chi connectivity index (χ0) is 13.7. The molecule has 2 aromatic rings. The van der Waals surface area contributed by atoms with Crippen LogP contribution in [0.25, 0.3) is 11.3 Å². The van der Waals surface area contributed by atoms with Crippen molar-refractivity contribution >= 4 is 22.4 Å². The highest BCUT2D eigenvalue weighted by molar-refractivity contribution is 7.14. The van der Waals surface area contributed by atoms with Crippen molar-refractivity contribution in [2.24, 2.45) is 5.73 Å². The summed E-state index contributed by atoms with van der Waals surface area (Å²) in [5, 5.41) is 14.8. The summed E-state index contributed by atoms with van der Waals surface area (Å²) in [5.74, 6) is -0.922. The Labute approximate surface area is 115 Å². The van der Waals surface area contributed by atoms with Gasteiger partial charge < -0.3 is 16.2 Å². The third kappa shape index (κ3) is 3.52. The van der Waals surface area contributed by atoms with E-state index in [-0.39, 0.29) is 5.56 Å². The molecule has 0 aliphatic heterocycles. The van der Waals surface area contributed by atoms with Gasteiger partial charge in [-0.25, -0.2) is 9.78 Å². The second kappa shape index (κ2) is 6.31. The Morgan fingerprint density at radius 1 is 1.37 bits per heavy atom. The quantitative estimate of drug-likeness (QED) is 0.705. The van der Waals surface area contributed by atoms with Gasteiger partial charge in [-0.05, 0) is 25.1 Å². The molecule has 1 heterocycles. The van der Waals surface area contributed by atoms with Gasteiger partial charge in [-0.1, -0.05) is 12.1 Å². The van der Waals surface area contributed by atoms with Crippen molar-refractivity contribution in [3.63, 3.8) is 0 Å². The van der Waals surface area contributed by atoms with Crippen molar-refractivity contribution in [2.75, 3.05) is 18.4 Å². The van der Waals surface area contributed by atoms with Crippen LogP contribution in [0.4, 0.5) is 5.13 Å². The van der Waals surface area contributed by atoms with Crippen LogP contribution in [0.5, 0.6) is 0 Å². The Kier molecular flexibility index (Phi) is 4.48. The molecule has 0 fully saturated rings. The number of carboxylic acid groups (broad SMARTS) is 1. The fourth-order valence-electron chi connectivity index (χ4n) is 1.57. The topological polar surface area (TPSA) is 88.2 Å². The van der Waals surface area contributed by atoms with Crippen molar-refractivity contribution in [1.29, 1.82) is 0 Å². The minimum atomic E-state index is -0.922. The molecule has 5 nitrogen and oxygen atoms in total. The first-order valence-electron chi connectivity index (χ1n) is 5.94. The van der Waals surface area contributed by atoms with E-state index >= 15 is 0 Å². The van der Waals surface area contributed by atoms with Gasteiger partial charge in [0.2, 0.25) is 0 Å². The van der Waals surface area contributed by atoms with Gasteiger partial charge in [0.25, 0.3) is 0 Å². The lowest BCUT2D eigenvalue weighted by molar-refractivity contribution is 0.0697. The average Bonchev–Trinajstić information content (AvgIpc) is 2.88. The normalized spacial score (nSPS) is 10.4. The van der Waals surface area contributed by atoms with E-state index < -0.39 is 5.97 Å². The number of carbonyl (C=O) groups is 1. The number of nitrogens with two attached hydrogens (primary N) is 1. The Balaban J connectivity index is 2.07. The van der Waals surface area contributed by atoms with Crippen molar-refractivity contribution in [1.82, 2.24) is 4.98 Å². The predicted octanol–water partition coefficient (Wildman–Crippen LogP) is 2.27. The maximum absolute atomic E-state index is 10.8. The fourth-order valence-corrected chi connectivity index (χ4v) is 2.32. The second-order valence-corrected chi connectivity index (χ2v) is 4.85. The van der Waals surface area contributed by atoms with Gasteiger partial charge in [-0.2, -0.15) is 0 Å². The number of carboxylic acids is 1. The van der Waals surface area contributed by atoms with Crippen LogP contribution in [0.2, 0.25) is 0 Å². The molecule has 19 heavy (non-hydrogen) atoms. The molecule has 4 N–H and O–H groups in total. The van der Waals surface area contributed by atoms with Crippen molar-refractivity contribution in [3.05, 3.63) is 35.2 Å². The maximum Gasteiger partial charge on any atom is 0.335 e. The maximum atomic E-state index is 10.8. The molecule has 0 saturated carbocycles. The van der Waals surface area contributed by atoms with E-state index in [2.05, 4.69) is 10.3 Å². The molecule has 0 bridgehead atoms. The fraction of sp³-hybridized carbons (Fsp3) is 0.231. The molecule has 100 valence electrons. The Morgan fingerprint density at radius 2 is 2.11 bits per heavy atom. The van der Waals surface area contributed by atoms with E-state index in [1.54, 1.807) is 24.3 Å². The summed E-state index contributed by atoms with van der Waals surface area (Å²) in [4.78, 5) is 15.2. The highest BCUT2D eigenvalue weighted by Gasteiger charge is 2.06. The van der Waals surface area contributed by atoms with Crippen LogP contribution in [-0.4, -0.2) is 29.1 Å². The lowest BCUT2D eigenvalue weighted by Crippen LogP contribution is -2.08. The lowest BCUT2D eigenvalue weighted by Gasteiger charge is -2.00. The first kappa shape index (κ1) is 13.5. The molecule has 1 aromatic carbocycles. The van der Waals surface area contributed by atoms with Crippen LogP contribution < -0.4 is 11.1 Å². The molecule has 0 spiro atoms. The molecular weight excluding hydrogens is 262 g/mol. The number of aromatic nitrogens is 1. The summed E-state index contributed by atoms with van der Waals surface area (Å²) in [6, 6.07) is 6.70. The molecule has 2 rings (SSSR count). The number of hydrogen-bond acceptors (Lipinski definition) is 5. The SMILES string of the molecule is NCCCNc1nc(-c2ccc(C(=O)O)cc2)cs1. The van der Waals surface area contributed by atoms with Gasteiger partial charge >= 0.3 is 5.97 Å². The molecule has 0 atom stereocenters. The first-order valence-corrected chi connectivity index (χ1v) is 6.82. The lowest BCUT2D eigenvalue weighted by atomic mass is 10.1. The standard InChI is InChI=1S/C13H15N3O2S/c14-6-1-7-15-13-16-11(8-19-13)9-2-4-10(5-3-9)12(17)18/h2-5,8H,1,6-7,14H2,(H,15,16)(H,17,18). The summed E-state index contributed by atoms with van der Waals surface area (Å²) in [6.45, 7) is 1.46. The molecular formula is C13H15N3O2S. The van der Waals surface area contributed by atoms with Crippen molar-refractivity contribution in [3.8, 4) is 11.3 Å². The van der Waals surface area contributed by atoms with Crippen LogP contribution in [0.3, 0.4) is 0 Å². The second-order valence-electron chi connectivity index (χ2n) is 3.99. The molecule has 0 amide bonds. The van der Waals surface area contributed by atoms with E-state index in [0.717, 1.165) is 29.4 Å².